The molecule has 3 rings (SSSR count). The van der Waals surface area contributed by atoms with Crippen LogP contribution in [0, 0.1) is 5.92 Å². The van der Waals surface area contributed by atoms with Crippen molar-refractivity contribution in [3.63, 3.8) is 0 Å². The van der Waals surface area contributed by atoms with Gasteiger partial charge in [-0.1, -0.05) is 0 Å². The number of fused-ring (bicyclic) bond motifs is 1. The largest absolute Gasteiger partial charge is 0.490 e. The number of rotatable bonds is 6. The molecule has 0 radical (unpaired) electrons. The fraction of sp³-hybridized carbons (Fsp3) is 0.579. The first-order valence-electron chi connectivity index (χ1n) is 9.86. The number of carbonyl (C=O) groups is 2. The predicted octanol–water partition coefficient (Wildman–Crippen LogP) is 0.501. The van der Waals surface area contributed by atoms with Crippen LogP contribution in [-0.4, -0.2) is 63.9 Å². The molecule has 1 fully saturated rings. The van der Waals surface area contributed by atoms with Gasteiger partial charge in [-0.3, -0.25) is 9.59 Å². The molecular weight excluding hydrogens is 398 g/mol. The Kier molecular flexibility index (Phi) is 6.96. The van der Waals surface area contributed by atoms with Crippen LogP contribution >= 0.6 is 0 Å². The van der Waals surface area contributed by atoms with Crippen LogP contribution in [0.1, 0.15) is 26.2 Å². The number of carbonyl (C=O) groups excluding carboxylic acids is 2. The molecule has 1 saturated heterocycles. The maximum atomic E-state index is 13.0. The highest BCUT2D eigenvalue weighted by Crippen LogP contribution is 2.33. The molecule has 2 aliphatic heterocycles. The number of benzene rings is 1. The molecule has 0 saturated carbocycles. The Hall–Kier alpha value is -2.33. The lowest BCUT2D eigenvalue weighted by atomic mass is 9.97. The second-order valence-corrected chi connectivity index (χ2v) is 8.95. The van der Waals surface area contributed by atoms with Crippen LogP contribution in [0.15, 0.2) is 23.1 Å². The molecule has 29 heavy (non-hydrogen) atoms. The monoisotopic (exact) mass is 425 g/mol. The predicted molar refractivity (Wildman–Crippen MR) is 105 cm³/mol. The molecular formula is C19H27N3O6S. The molecule has 10 heteroatoms. The first-order valence-corrected chi connectivity index (χ1v) is 11.3. The Morgan fingerprint density at radius 2 is 1.79 bits per heavy atom. The van der Waals surface area contributed by atoms with Gasteiger partial charge in [0.25, 0.3) is 0 Å². The van der Waals surface area contributed by atoms with Crippen molar-refractivity contribution in [2.45, 2.75) is 31.1 Å². The molecule has 0 bridgehead atoms. The van der Waals surface area contributed by atoms with Crippen molar-refractivity contribution in [3.05, 3.63) is 18.2 Å². The van der Waals surface area contributed by atoms with Gasteiger partial charge in [0.2, 0.25) is 21.8 Å². The van der Waals surface area contributed by atoms with E-state index in [2.05, 4.69) is 10.6 Å². The molecule has 9 nitrogen and oxygen atoms in total. The van der Waals surface area contributed by atoms with E-state index in [0.29, 0.717) is 44.1 Å². The maximum Gasteiger partial charge on any atom is 0.243 e. The highest BCUT2D eigenvalue weighted by molar-refractivity contribution is 7.89. The van der Waals surface area contributed by atoms with Crippen molar-refractivity contribution in [1.29, 1.82) is 0 Å². The van der Waals surface area contributed by atoms with E-state index in [1.807, 2.05) is 0 Å². The average molecular weight is 426 g/mol. The molecule has 0 unspecified atom stereocenters. The summed E-state index contributed by atoms with van der Waals surface area (Å²) in [5.74, 6) is 0.214. The SMILES string of the molecule is CCNC(=O)CNC(=O)C1CCN(S(=O)(=O)c2ccc3c(c2)OCCCO3)CC1. The van der Waals surface area contributed by atoms with Crippen molar-refractivity contribution < 1.29 is 27.5 Å². The van der Waals surface area contributed by atoms with Gasteiger partial charge in [0, 0.05) is 38.0 Å². The van der Waals surface area contributed by atoms with Crippen molar-refractivity contribution in [1.82, 2.24) is 14.9 Å². The summed E-state index contributed by atoms with van der Waals surface area (Å²) in [5, 5.41) is 5.23. The lowest BCUT2D eigenvalue weighted by Crippen LogP contribution is -2.45. The van der Waals surface area contributed by atoms with Crippen LogP contribution in [0.3, 0.4) is 0 Å². The van der Waals surface area contributed by atoms with Gasteiger partial charge in [-0.25, -0.2) is 8.42 Å². The molecule has 0 spiro atoms. The Morgan fingerprint density at radius 3 is 2.48 bits per heavy atom. The van der Waals surface area contributed by atoms with Gasteiger partial charge < -0.3 is 20.1 Å². The Balaban J connectivity index is 1.59. The fourth-order valence-corrected chi connectivity index (χ4v) is 4.87. The van der Waals surface area contributed by atoms with E-state index in [1.54, 1.807) is 13.0 Å². The molecule has 160 valence electrons. The minimum Gasteiger partial charge on any atom is -0.490 e. The lowest BCUT2D eigenvalue weighted by molar-refractivity contribution is -0.129. The van der Waals surface area contributed by atoms with E-state index < -0.39 is 10.0 Å². The minimum absolute atomic E-state index is 0.0671. The molecule has 2 aliphatic rings. The summed E-state index contributed by atoms with van der Waals surface area (Å²) >= 11 is 0. The van der Waals surface area contributed by atoms with E-state index in [-0.39, 0.29) is 42.3 Å². The highest BCUT2D eigenvalue weighted by atomic mass is 32.2. The summed E-state index contributed by atoms with van der Waals surface area (Å²) in [4.78, 5) is 23.9. The number of amides is 2. The van der Waals surface area contributed by atoms with E-state index in [1.165, 1.54) is 16.4 Å². The quantitative estimate of drug-likeness (QED) is 0.686. The van der Waals surface area contributed by atoms with Crippen LogP contribution in [0.2, 0.25) is 0 Å². The first kappa shape index (κ1) is 21.4. The van der Waals surface area contributed by atoms with E-state index in [4.69, 9.17) is 9.47 Å². The van der Waals surface area contributed by atoms with Crippen LogP contribution in [0.4, 0.5) is 0 Å². The van der Waals surface area contributed by atoms with Crippen LogP contribution in [0.25, 0.3) is 0 Å². The van der Waals surface area contributed by atoms with Crippen molar-refractivity contribution in [3.8, 4) is 11.5 Å². The Morgan fingerprint density at radius 1 is 1.10 bits per heavy atom. The molecule has 1 aromatic rings. The summed E-state index contributed by atoms with van der Waals surface area (Å²) in [6, 6.07) is 4.64. The van der Waals surface area contributed by atoms with E-state index >= 15 is 0 Å². The van der Waals surface area contributed by atoms with Gasteiger partial charge >= 0.3 is 0 Å². The zero-order chi connectivity index (χ0) is 20.9. The number of sulfonamides is 1. The second kappa shape index (κ2) is 9.45. The maximum absolute atomic E-state index is 13.0. The highest BCUT2D eigenvalue weighted by Gasteiger charge is 2.32. The average Bonchev–Trinajstić information content (AvgIpc) is 2.97. The normalized spacial score (nSPS) is 18.0. The molecule has 2 amide bonds. The van der Waals surface area contributed by atoms with Gasteiger partial charge in [0.1, 0.15) is 0 Å². The fourth-order valence-electron chi connectivity index (χ4n) is 3.38. The third-order valence-corrected chi connectivity index (χ3v) is 6.87. The number of hydrogen-bond donors (Lipinski definition) is 2. The van der Waals surface area contributed by atoms with Gasteiger partial charge in [-0.2, -0.15) is 4.31 Å². The summed E-state index contributed by atoms with van der Waals surface area (Å²) in [6.07, 6.45) is 1.56. The van der Waals surface area contributed by atoms with Crippen molar-refractivity contribution in [2.24, 2.45) is 5.92 Å². The number of nitrogens with one attached hydrogen (secondary N) is 2. The minimum atomic E-state index is -3.69. The van der Waals surface area contributed by atoms with Gasteiger partial charge in [-0.15, -0.1) is 0 Å². The molecule has 1 aromatic carbocycles. The number of piperidine rings is 1. The summed E-state index contributed by atoms with van der Waals surface area (Å²) in [7, 11) is -3.69. The standard InChI is InChI=1S/C19H27N3O6S/c1-2-20-18(23)13-21-19(24)14-6-8-22(9-7-14)29(25,26)15-4-5-16-17(12-15)28-11-3-10-27-16/h4-5,12,14H,2-3,6-11,13H2,1H3,(H,20,23)(H,21,24). The Labute approximate surface area is 170 Å². The van der Waals surface area contributed by atoms with E-state index in [9.17, 15) is 18.0 Å². The number of ether oxygens (including phenoxy) is 2. The van der Waals surface area contributed by atoms with Crippen LogP contribution in [-0.2, 0) is 19.6 Å². The van der Waals surface area contributed by atoms with Gasteiger partial charge in [0.05, 0.1) is 24.7 Å². The molecule has 2 N–H and O–H groups in total. The van der Waals surface area contributed by atoms with Crippen LogP contribution < -0.4 is 20.1 Å². The zero-order valence-electron chi connectivity index (χ0n) is 16.5. The number of likely N-dealkylation sites (N-methyl/N-ethyl adjacent to an activating group) is 1. The number of nitrogens with zero attached hydrogens (tertiary/aromatic N) is 1. The molecule has 0 aliphatic carbocycles. The molecule has 0 aromatic heterocycles. The second-order valence-electron chi connectivity index (χ2n) is 7.01. The van der Waals surface area contributed by atoms with E-state index in [0.717, 1.165) is 6.42 Å². The first-order chi connectivity index (χ1) is 13.9. The topological polar surface area (TPSA) is 114 Å². The van der Waals surface area contributed by atoms with Gasteiger partial charge in [-0.05, 0) is 31.9 Å². The third kappa shape index (κ3) is 5.18. The Bertz CT molecular complexity index is 850. The van der Waals surface area contributed by atoms with Crippen molar-refractivity contribution in [2.75, 3.05) is 39.4 Å². The smallest absolute Gasteiger partial charge is 0.243 e. The lowest BCUT2D eigenvalue weighted by Gasteiger charge is -2.30. The third-order valence-electron chi connectivity index (χ3n) is 4.98. The van der Waals surface area contributed by atoms with Gasteiger partial charge in [0.15, 0.2) is 11.5 Å². The molecule has 2 heterocycles. The van der Waals surface area contributed by atoms with Crippen molar-refractivity contribution >= 4 is 21.8 Å². The summed E-state index contributed by atoms with van der Waals surface area (Å²) in [6.45, 7) is 3.75. The molecule has 0 atom stereocenters. The summed E-state index contributed by atoms with van der Waals surface area (Å²) in [5.41, 5.74) is 0. The van der Waals surface area contributed by atoms with Crippen LogP contribution in [0.5, 0.6) is 11.5 Å². The zero-order valence-corrected chi connectivity index (χ0v) is 17.3. The number of hydrogen-bond acceptors (Lipinski definition) is 6. The summed E-state index contributed by atoms with van der Waals surface area (Å²) < 4.78 is 38.5.